The molecule has 0 aliphatic rings. The minimum absolute atomic E-state index is 0.150. The summed E-state index contributed by atoms with van der Waals surface area (Å²) in [7, 11) is 0. The highest BCUT2D eigenvalue weighted by Gasteiger charge is 2.31. The molecule has 150 valence electrons. The maximum absolute atomic E-state index is 12.4. The average molecular weight is 405 g/mol. The maximum atomic E-state index is 12.4. The molecule has 1 amide bonds. The van der Waals surface area contributed by atoms with Gasteiger partial charge in [0.2, 0.25) is 5.91 Å². The minimum Gasteiger partial charge on any atom is -0.406 e. The lowest BCUT2D eigenvalue weighted by Gasteiger charge is -2.14. The molecule has 0 spiro atoms. The number of fused-ring (bicyclic) bond motifs is 1. The molecule has 0 fully saturated rings. The Balaban J connectivity index is 1.72. The normalized spacial score (nSPS) is 12.4. The van der Waals surface area contributed by atoms with Gasteiger partial charge in [-0.05, 0) is 30.7 Å². The molecule has 0 saturated carbocycles. The predicted molar refractivity (Wildman–Crippen MR) is 94.8 cm³/mol. The number of rotatable bonds is 5. The predicted octanol–water partition coefficient (Wildman–Crippen LogP) is 1.59. The van der Waals surface area contributed by atoms with Crippen LogP contribution in [0.3, 0.4) is 0 Å². The van der Waals surface area contributed by atoms with Gasteiger partial charge in [-0.3, -0.25) is 4.79 Å². The first-order valence-electron chi connectivity index (χ1n) is 8.20. The van der Waals surface area contributed by atoms with Crippen molar-refractivity contribution in [3.63, 3.8) is 0 Å². The van der Waals surface area contributed by atoms with Gasteiger partial charge in [-0.1, -0.05) is 18.1 Å². The molecule has 1 N–H and O–H groups in total. The quantitative estimate of drug-likeness (QED) is 0.651. The fraction of sp³-hybridized carbons (Fsp3) is 0.222. The van der Waals surface area contributed by atoms with E-state index < -0.39 is 36.3 Å². The summed E-state index contributed by atoms with van der Waals surface area (Å²) >= 11 is 0. The van der Waals surface area contributed by atoms with Crippen LogP contribution in [0.2, 0.25) is 0 Å². The highest BCUT2D eigenvalue weighted by atomic mass is 19.4. The van der Waals surface area contributed by atoms with Crippen LogP contribution in [-0.2, 0) is 11.3 Å². The first kappa shape index (κ1) is 19.9. The summed E-state index contributed by atoms with van der Waals surface area (Å²) in [5.41, 5.74) is 0.441. The highest BCUT2D eigenvalue weighted by Crippen LogP contribution is 2.24. The zero-order chi connectivity index (χ0) is 21.2. The molecule has 0 radical (unpaired) electrons. The van der Waals surface area contributed by atoms with Crippen LogP contribution >= 0.6 is 0 Å². The number of carbonyl (C=O) groups is 1. The summed E-state index contributed by atoms with van der Waals surface area (Å²) in [6.45, 7) is 1.29. The van der Waals surface area contributed by atoms with Crippen molar-refractivity contribution in [1.29, 1.82) is 0 Å². The summed E-state index contributed by atoms with van der Waals surface area (Å²) in [4.78, 5) is 28.6. The Bertz CT molecular complexity index is 1140. The van der Waals surface area contributed by atoms with Crippen molar-refractivity contribution in [2.24, 2.45) is 0 Å². The average Bonchev–Trinajstić information content (AvgIpc) is 2.96. The van der Waals surface area contributed by atoms with Crippen molar-refractivity contribution < 1.29 is 22.7 Å². The molecule has 2 aromatic heterocycles. The molecule has 0 aliphatic carbocycles. The van der Waals surface area contributed by atoms with Crippen LogP contribution in [-0.4, -0.2) is 31.4 Å². The van der Waals surface area contributed by atoms with Gasteiger partial charge in [-0.25, -0.2) is 18.9 Å². The lowest BCUT2D eigenvalue weighted by atomic mass is 10.1. The van der Waals surface area contributed by atoms with E-state index in [4.69, 9.17) is 6.42 Å². The molecule has 29 heavy (non-hydrogen) atoms. The van der Waals surface area contributed by atoms with Crippen LogP contribution in [0.25, 0.3) is 5.78 Å². The number of amides is 1. The Morgan fingerprint density at radius 1 is 1.31 bits per heavy atom. The number of alkyl halides is 3. The fourth-order valence-corrected chi connectivity index (χ4v) is 2.60. The Morgan fingerprint density at radius 2 is 2.00 bits per heavy atom. The Labute approximate surface area is 161 Å². The maximum Gasteiger partial charge on any atom is 0.573 e. The number of hydrogen-bond donors (Lipinski definition) is 1. The number of aromatic nitrogens is 4. The largest absolute Gasteiger partial charge is 0.573 e. The van der Waals surface area contributed by atoms with Gasteiger partial charge < -0.3 is 10.1 Å². The second-order valence-electron chi connectivity index (χ2n) is 5.95. The molecule has 3 aromatic rings. The van der Waals surface area contributed by atoms with Crippen LogP contribution in [0.4, 0.5) is 13.2 Å². The molecule has 3 rings (SSSR count). The van der Waals surface area contributed by atoms with E-state index in [-0.39, 0.29) is 5.78 Å². The van der Waals surface area contributed by atoms with Gasteiger partial charge in [-0.15, -0.1) is 24.7 Å². The number of terminal acetylenes is 1. The third kappa shape index (κ3) is 4.55. The third-order valence-corrected chi connectivity index (χ3v) is 3.89. The fourth-order valence-electron chi connectivity index (χ4n) is 2.60. The minimum atomic E-state index is -4.81. The van der Waals surface area contributed by atoms with Crippen LogP contribution in [0.15, 0.2) is 41.3 Å². The van der Waals surface area contributed by atoms with Crippen LogP contribution in [0.1, 0.15) is 17.3 Å². The Hall–Kier alpha value is -3.81. The number of halogens is 3. The van der Waals surface area contributed by atoms with E-state index in [0.29, 0.717) is 11.3 Å². The monoisotopic (exact) mass is 405 g/mol. The summed E-state index contributed by atoms with van der Waals surface area (Å²) < 4.78 is 42.7. The van der Waals surface area contributed by atoms with Crippen molar-refractivity contribution in [2.45, 2.75) is 25.9 Å². The summed E-state index contributed by atoms with van der Waals surface area (Å²) in [6, 6.07) is 5.48. The van der Waals surface area contributed by atoms with Crippen molar-refractivity contribution in [3.05, 3.63) is 58.3 Å². The summed E-state index contributed by atoms with van der Waals surface area (Å²) in [5.74, 6) is 1.46. The van der Waals surface area contributed by atoms with Gasteiger partial charge in [0.05, 0.1) is 0 Å². The smallest absolute Gasteiger partial charge is 0.406 e. The van der Waals surface area contributed by atoms with Crippen LogP contribution in [0, 0.1) is 19.3 Å². The van der Waals surface area contributed by atoms with E-state index in [2.05, 4.69) is 26.1 Å². The Morgan fingerprint density at radius 3 is 2.59 bits per heavy atom. The van der Waals surface area contributed by atoms with Crippen molar-refractivity contribution >= 4 is 11.7 Å². The molecule has 0 unspecified atom stereocenters. The van der Waals surface area contributed by atoms with E-state index in [1.807, 2.05) is 0 Å². The van der Waals surface area contributed by atoms with Gasteiger partial charge in [0.1, 0.15) is 18.3 Å². The van der Waals surface area contributed by atoms with Crippen molar-refractivity contribution in [2.75, 3.05) is 0 Å². The van der Waals surface area contributed by atoms with E-state index in [9.17, 15) is 22.8 Å². The molecule has 1 atom stereocenters. The lowest BCUT2D eigenvalue weighted by Crippen LogP contribution is -2.34. The molecule has 1 aromatic carbocycles. The number of benzene rings is 1. The second-order valence-corrected chi connectivity index (χ2v) is 5.95. The summed E-state index contributed by atoms with van der Waals surface area (Å²) in [6.07, 6.45) is 2.10. The zero-order valence-electron chi connectivity index (χ0n) is 15.0. The molecule has 11 heteroatoms. The van der Waals surface area contributed by atoms with Crippen molar-refractivity contribution in [1.82, 2.24) is 24.5 Å². The number of hydrogen-bond acceptors (Lipinski definition) is 5. The first-order chi connectivity index (χ1) is 13.7. The van der Waals surface area contributed by atoms with Crippen LogP contribution < -0.4 is 15.7 Å². The van der Waals surface area contributed by atoms with E-state index in [1.54, 1.807) is 13.0 Å². The number of ether oxygens (including phenoxy) is 1. The van der Waals surface area contributed by atoms with Crippen molar-refractivity contribution in [3.8, 4) is 18.1 Å². The standard InChI is InChI=1S/C18H14F3N5O3/c1-3-14(12-4-6-13(7-5-12)29-18(19,20)21)23-15(27)10-25-17(28)26-11(2)8-9-22-16(26)24-25/h1,4-9,14H,10H2,2H3,(H,23,27)/t14-/m0/s1. The SMILES string of the molecule is C#C[C@H](NC(=O)Cn1nc2nccc(C)n2c1=O)c1ccc(OC(F)(F)F)cc1. The molecular formula is C18H14F3N5O3. The molecule has 2 heterocycles. The van der Waals surface area contributed by atoms with E-state index in [1.165, 1.54) is 22.7 Å². The number of nitrogens with zero attached hydrogens (tertiary/aromatic N) is 4. The number of nitrogens with one attached hydrogen (secondary N) is 1. The third-order valence-electron chi connectivity index (χ3n) is 3.89. The van der Waals surface area contributed by atoms with Crippen LogP contribution in [0.5, 0.6) is 5.75 Å². The molecule has 0 saturated heterocycles. The van der Waals surface area contributed by atoms with E-state index >= 15 is 0 Å². The molecule has 0 bridgehead atoms. The van der Waals surface area contributed by atoms with Gasteiger partial charge in [-0.2, -0.15) is 0 Å². The highest BCUT2D eigenvalue weighted by molar-refractivity contribution is 5.76. The summed E-state index contributed by atoms with van der Waals surface area (Å²) in [5, 5.41) is 6.50. The van der Waals surface area contributed by atoms with Gasteiger partial charge in [0.25, 0.3) is 5.78 Å². The van der Waals surface area contributed by atoms with E-state index in [0.717, 1.165) is 16.8 Å². The van der Waals surface area contributed by atoms with Gasteiger partial charge in [0.15, 0.2) is 0 Å². The van der Waals surface area contributed by atoms with Gasteiger partial charge >= 0.3 is 12.1 Å². The zero-order valence-corrected chi connectivity index (χ0v) is 15.0. The molecule has 0 aliphatic heterocycles. The topological polar surface area (TPSA) is 90.5 Å². The number of aryl methyl sites for hydroxylation is 1. The number of carbonyl (C=O) groups excluding carboxylic acids is 1. The lowest BCUT2D eigenvalue weighted by molar-refractivity contribution is -0.274. The molecule has 8 nitrogen and oxygen atoms in total. The Kier molecular flexibility index (Phi) is 5.27. The second kappa shape index (κ2) is 7.67. The van der Waals surface area contributed by atoms with Gasteiger partial charge in [0, 0.05) is 11.9 Å². The molecular weight excluding hydrogens is 391 g/mol. The first-order valence-corrected chi connectivity index (χ1v) is 8.20.